The van der Waals surface area contributed by atoms with E-state index in [9.17, 15) is 4.79 Å². The Morgan fingerprint density at radius 3 is 2.65 bits per heavy atom. The molecule has 1 heterocycles. The first-order chi connectivity index (χ1) is 7.99. The summed E-state index contributed by atoms with van der Waals surface area (Å²) in [6.07, 6.45) is 2.48. The highest BCUT2D eigenvalue weighted by atomic mass is 16.1. The quantitative estimate of drug-likeness (QED) is 0.726. The minimum atomic E-state index is 0.156. The predicted octanol–water partition coefficient (Wildman–Crippen LogP) is 3.52. The lowest BCUT2D eigenvalue weighted by Crippen LogP contribution is -2.40. The highest BCUT2D eigenvalue weighted by molar-refractivity contribution is 5.99. The van der Waals surface area contributed by atoms with Crippen LogP contribution < -0.4 is 4.90 Å². The van der Waals surface area contributed by atoms with Crippen LogP contribution in [-0.2, 0) is 0 Å². The molecule has 1 aromatic rings. The van der Waals surface area contributed by atoms with Crippen LogP contribution in [0.3, 0.4) is 0 Å². The molecule has 0 radical (unpaired) electrons. The molecule has 92 valence electrons. The van der Waals surface area contributed by atoms with Gasteiger partial charge in [-0.2, -0.15) is 0 Å². The minimum Gasteiger partial charge on any atom is -0.370 e. The highest BCUT2D eigenvalue weighted by Gasteiger charge is 2.27. The fourth-order valence-electron chi connectivity index (χ4n) is 2.68. The molecule has 0 unspecified atom stereocenters. The number of carbonyl (C=O) groups excluding carboxylic acids is 1. The van der Waals surface area contributed by atoms with Gasteiger partial charge in [-0.1, -0.05) is 26.0 Å². The number of rotatable bonds is 2. The fraction of sp³-hybridized carbons (Fsp3) is 0.533. The Kier molecular flexibility index (Phi) is 3.23. The fourth-order valence-corrected chi connectivity index (χ4v) is 2.68. The Bertz CT molecular complexity index is 423. The van der Waals surface area contributed by atoms with E-state index in [1.807, 2.05) is 18.2 Å². The van der Waals surface area contributed by atoms with Gasteiger partial charge in [-0.05, 0) is 37.3 Å². The van der Waals surface area contributed by atoms with E-state index in [4.69, 9.17) is 0 Å². The molecule has 1 aromatic carbocycles. The number of piperidine rings is 1. The predicted molar refractivity (Wildman–Crippen MR) is 71.7 cm³/mol. The van der Waals surface area contributed by atoms with E-state index in [0.29, 0.717) is 5.41 Å². The van der Waals surface area contributed by atoms with Crippen molar-refractivity contribution < 1.29 is 4.79 Å². The average Bonchev–Trinajstić information content (AvgIpc) is 2.27. The lowest BCUT2D eigenvalue weighted by atomic mass is 9.83. The first-order valence-corrected chi connectivity index (χ1v) is 6.34. The van der Waals surface area contributed by atoms with E-state index in [0.717, 1.165) is 24.3 Å². The zero-order valence-corrected chi connectivity index (χ0v) is 11.0. The molecule has 2 heteroatoms. The Labute approximate surface area is 104 Å². The summed E-state index contributed by atoms with van der Waals surface area (Å²) in [5.41, 5.74) is 2.31. The van der Waals surface area contributed by atoms with Crippen molar-refractivity contribution in [3.8, 4) is 0 Å². The third kappa shape index (κ3) is 2.68. The summed E-state index contributed by atoms with van der Waals surface area (Å²) in [6, 6.07) is 7.95. The van der Waals surface area contributed by atoms with Gasteiger partial charge < -0.3 is 4.90 Å². The van der Waals surface area contributed by atoms with E-state index in [2.05, 4.69) is 24.8 Å². The minimum absolute atomic E-state index is 0.156. The number of ketones is 1. The second-order valence-electron chi connectivity index (χ2n) is 5.76. The van der Waals surface area contributed by atoms with Crippen LogP contribution >= 0.6 is 0 Å². The first-order valence-electron chi connectivity index (χ1n) is 6.34. The molecule has 2 nitrogen and oxygen atoms in total. The number of carbonyl (C=O) groups is 1. The normalized spacial score (nSPS) is 19.1. The van der Waals surface area contributed by atoms with Gasteiger partial charge in [0, 0.05) is 24.3 Å². The van der Waals surface area contributed by atoms with Gasteiger partial charge in [-0.25, -0.2) is 0 Å². The van der Waals surface area contributed by atoms with E-state index in [-0.39, 0.29) is 5.78 Å². The van der Waals surface area contributed by atoms with Crippen LogP contribution in [0.2, 0.25) is 0 Å². The van der Waals surface area contributed by atoms with Crippen molar-refractivity contribution in [2.45, 2.75) is 33.6 Å². The van der Waals surface area contributed by atoms with Crippen molar-refractivity contribution in [1.82, 2.24) is 0 Å². The van der Waals surface area contributed by atoms with E-state index >= 15 is 0 Å². The Balaban J connectivity index is 2.30. The van der Waals surface area contributed by atoms with Gasteiger partial charge in [0.2, 0.25) is 0 Å². The number of hydrogen-bond acceptors (Lipinski definition) is 2. The van der Waals surface area contributed by atoms with Crippen molar-refractivity contribution >= 4 is 11.5 Å². The number of anilines is 1. The molecular weight excluding hydrogens is 210 g/mol. The van der Waals surface area contributed by atoms with Crippen molar-refractivity contribution in [3.05, 3.63) is 29.8 Å². The molecule has 0 atom stereocenters. The summed E-state index contributed by atoms with van der Waals surface area (Å²) in [7, 11) is 0. The maximum Gasteiger partial charge on any atom is 0.161 e. The van der Waals surface area contributed by atoms with Crippen molar-refractivity contribution in [1.29, 1.82) is 0 Å². The molecule has 17 heavy (non-hydrogen) atoms. The molecule has 0 N–H and O–H groups in total. The summed E-state index contributed by atoms with van der Waals surface area (Å²) in [4.78, 5) is 14.0. The second-order valence-corrected chi connectivity index (χ2v) is 5.76. The molecule has 0 spiro atoms. The lowest BCUT2D eigenvalue weighted by molar-refractivity contribution is 0.101. The Hall–Kier alpha value is -1.31. The third-order valence-electron chi connectivity index (χ3n) is 3.52. The first kappa shape index (κ1) is 12.2. The number of nitrogens with zero attached hydrogens (tertiary/aromatic N) is 1. The van der Waals surface area contributed by atoms with E-state index < -0.39 is 0 Å². The second kappa shape index (κ2) is 4.52. The van der Waals surface area contributed by atoms with Crippen molar-refractivity contribution in [2.24, 2.45) is 5.41 Å². The number of para-hydroxylation sites is 1. The van der Waals surface area contributed by atoms with Gasteiger partial charge >= 0.3 is 0 Å². The summed E-state index contributed by atoms with van der Waals surface area (Å²) in [5.74, 6) is 0.156. The maximum absolute atomic E-state index is 11.6. The van der Waals surface area contributed by atoms with Crippen LogP contribution in [0.1, 0.15) is 44.0 Å². The van der Waals surface area contributed by atoms with Gasteiger partial charge in [0.1, 0.15) is 0 Å². The molecule has 1 aliphatic rings. The van der Waals surface area contributed by atoms with E-state index in [1.165, 1.54) is 12.8 Å². The van der Waals surface area contributed by atoms with Crippen LogP contribution in [0.25, 0.3) is 0 Å². The zero-order chi connectivity index (χ0) is 12.5. The molecule has 1 saturated heterocycles. The van der Waals surface area contributed by atoms with Crippen LogP contribution in [0.4, 0.5) is 5.69 Å². The molecule has 1 aliphatic heterocycles. The standard InChI is InChI=1S/C15H21NO/c1-12(17)13-7-4-5-8-14(13)16-10-6-9-15(2,3)11-16/h4-5,7-8H,6,9-11H2,1-3H3. The SMILES string of the molecule is CC(=O)c1ccccc1N1CCCC(C)(C)C1. The molecule has 0 amide bonds. The average molecular weight is 231 g/mol. The van der Waals surface area contributed by atoms with Gasteiger partial charge in [-0.3, -0.25) is 4.79 Å². The monoisotopic (exact) mass is 231 g/mol. The topological polar surface area (TPSA) is 20.3 Å². The van der Waals surface area contributed by atoms with Gasteiger partial charge in [0.25, 0.3) is 0 Å². The molecule has 0 aromatic heterocycles. The van der Waals surface area contributed by atoms with Crippen LogP contribution in [-0.4, -0.2) is 18.9 Å². The highest BCUT2D eigenvalue weighted by Crippen LogP contribution is 2.33. The molecule has 1 fully saturated rings. The maximum atomic E-state index is 11.6. The molecular formula is C15H21NO. The van der Waals surface area contributed by atoms with Gasteiger partial charge in [0.05, 0.1) is 0 Å². The largest absolute Gasteiger partial charge is 0.370 e. The summed E-state index contributed by atoms with van der Waals surface area (Å²) in [5, 5.41) is 0. The number of Topliss-reactive ketones (excluding diaryl/α,β-unsaturated/α-hetero) is 1. The van der Waals surface area contributed by atoms with E-state index in [1.54, 1.807) is 6.92 Å². The molecule has 0 bridgehead atoms. The summed E-state index contributed by atoms with van der Waals surface area (Å²) < 4.78 is 0. The van der Waals surface area contributed by atoms with Crippen molar-refractivity contribution in [2.75, 3.05) is 18.0 Å². The van der Waals surface area contributed by atoms with Gasteiger partial charge in [0.15, 0.2) is 5.78 Å². The summed E-state index contributed by atoms with van der Waals surface area (Å²) >= 11 is 0. The zero-order valence-electron chi connectivity index (χ0n) is 11.0. The molecule has 2 rings (SSSR count). The smallest absolute Gasteiger partial charge is 0.161 e. The van der Waals surface area contributed by atoms with Crippen molar-refractivity contribution in [3.63, 3.8) is 0 Å². The third-order valence-corrected chi connectivity index (χ3v) is 3.52. The molecule has 0 aliphatic carbocycles. The number of benzene rings is 1. The van der Waals surface area contributed by atoms with Crippen LogP contribution in [0.15, 0.2) is 24.3 Å². The number of hydrogen-bond donors (Lipinski definition) is 0. The summed E-state index contributed by atoms with van der Waals surface area (Å²) in [6.45, 7) is 8.35. The van der Waals surface area contributed by atoms with Gasteiger partial charge in [-0.15, -0.1) is 0 Å². The lowest BCUT2D eigenvalue weighted by Gasteiger charge is -2.40. The Morgan fingerprint density at radius 1 is 1.29 bits per heavy atom. The Morgan fingerprint density at radius 2 is 2.00 bits per heavy atom. The molecule has 0 saturated carbocycles. The van der Waals surface area contributed by atoms with Crippen LogP contribution in [0, 0.1) is 5.41 Å². The van der Waals surface area contributed by atoms with Crippen LogP contribution in [0.5, 0.6) is 0 Å².